The van der Waals surface area contributed by atoms with Crippen molar-refractivity contribution in [2.75, 3.05) is 17.2 Å². The number of hydrogen-bond acceptors (Lipinski definition) is 7. The Morgan fingerprint density at radius 1 is 1.15 bits per heavy atom. The van der Waals surface area contributed by atoms with Crippen LogP contribution in [0, 0.1) is 24.0 Å². The molecule has 3 rings (SSSR count). The van der Waals surface area contributed by atoms with Crippen molar-refractivity contribution in [1.82, 2.24) is 20.2 Å². The number of nitro benzene ring substituents is 1. The number of nitrogens with zero attached hydrogens (tertiary/aromatic N) is 5. The number of amides is 1. The van der Waals surface area contributed by atoms with Crippen molar-refractivity contribution >= 4 is 23.0 Å². The lowest BCUT2D eigenvalue weighted by molar-refractivity contribution is -0.385. The van der Waals surface area contributed by atoms with Gasteiger partial charge in [0, 0.05) is 23.0 Å². The molecule has 10 nitrogen and oxygen atoms in total. The number of aryl methyl sites for hydroxylation is 2. The van der Waals surface area contributed by atoms with E-state index in [1.807, 2.05) is 25.1 Å². The molecule has 1 amide bonds. The van der Waals surface area contributed by atoms with Crippen molar-refractivity contribution < 1.29 is 9.72 Å². The maximum Gasteiger partial charge on any atom is 0.274 e. The minimum absolute atomic E-state index is 0.0192. The second-order valence-electron chi connectivity index (χ2n) is 5.92. The molecule has 1 aromatic heterocycles. The molecule has 27 heavy (non-hydrogen) atoms. The van der Waals surface area contributed by atoms with Crippen LogP contribution >= 0.6 is 0 Å². The average Bonchev–Trinajstić information content (AvgIpc) is 3.16. The minimum atomic E-state index is -0.474. The number of nitro groups is 1. The van der Waals surface area contributed by atoms with Crippen molar-refractivity contribution in [3.8, 4) is 5.69 Å². The fourth-order valence-corrected chi connectivity index (χ4v) is 2.57. The second kappa shape index (κ2) is 7.60. The number of aromatic nitrogens is 4. The van der Waals surface area contributed by atoms with Gasteiger partial charge in [-0.2, -0.15) is 0 Å². The molecule has 0 saturated heterocycles. The summed E-state index contributed by atoms with van der Waals surface area (Å²) in [4.78, 5) is 22.6. The molecule has 0 unspecified atom stereocenters. The monoisotopic (exact) mass is 367 g/mol. The van der Waals surface area contributed by atoms with Crippen molar-refractivity contribution in [3.05, 3.63) is 64.0 Å². The van der Waals surface area contributed by atoms with Gasteiger partial charge in [-0.3, -0.25) is 14.9 Å². The molecule has 0 aliphatic heterocycles. The quantitative estimate of drug-likeness (QED) is 0.505. The van der Waals surface area contributed by atoms with Crippen molar-refractivity contribution in [1.29, 1.82) is 0 Å². The van der Waals surface area contributed by atoms with E-state index < -0.39 is 4.92 Å². The van der Waals surface area contributed by atoms with E-state index in [-0.39, 0.29) is 18.1 Å². The van der Waals surface area contributed by atoms with E-state index in [2.05, 4.69) is 26.2 Å². The van der Waals surface area contributed by atoms with Gasteiger partial charge in [-0.1, -0.05) is 6.07 Å². The van der Waals surface area contributed by atoms with Crippen LogP contribution in [0.15, 0.2) is 42.7 Å². The first-order valence-electron chi connectivity index (χ1n) is 8.07. The van der Waals surface area contributed by atoms with E-state index in [1.165, 1.54) is 12.4 Å². The van der Waals surface area contributed by atoms with Gasteiger partial charge in [0.05, 0.1) is 17.2 Å². The number of rotatable bonds is 6. The Balaban J connectivity index is 1.62. The van der Waals surface area contributed by atoms with E-state index in [4.69, 9.17) is 0 Å². The highest BCUT2D eigenvalue weighted by Gasteiger charge is 2.12. The van der Waals surface area contributed by atoms with Gasteiger partial charge in [0.25, 0.3) is 5.69 Å². The van der Waals surface area contributed by atoms with Gasteiger partial charge in [-0.15, -0.1) is 5.10 Å². The first-order valence-corrected chi connectivity index (χ1v) is 8.07. The summed E-state index contributed by atoms with van der Waals surface area (Å²) >= 11 is 0. The Labute approximate surface area is 154 Å². The molecule has 138 valence electrons. The second-order valence-corrected chi connectivity index (χ2v) is 5.92. The largest absolute Gasteiger partial charge is 0.376 e. The molecule has 0 bridgehead atoms. The lowest BCUT2D eigenvalue weighted by Gasteiger charge is -2.11. The van der Waals surface area contributed by atoms with E-state index >= 15 is 0 Å². The van der Waals surface area contributed by atoms with Crippen molar-refractivity contribution in [3.63, 3.8) is 0 Å². The number of carbonyl (C=O) groups is 1. The van der Waals surface area contributed by atoms with E-state index in [0.717, 1.165) is 16.9 Å². The van der Waals surface area contributed by atoms with Gasteiger partial charge < -0.3 is 10.6 Å². The molecular weight excluding hydrogens is 350 g/mol. The van der Waals surface area contributed by atoms with Gasteiger partial charge in [-0.25, -0.2) is 4.68 Å². The SMILES string of the molecule is Cc1cc(NCC(=O)Nc2ccc(C)c([N+](=O)[O-])c2)ccc1-n1cnnn1. The van der Waals surface area contributed by atoms with E-state index in [9.17, 15) is 14.9 Å². The minimum Gasteiger partial charge on any atom is -0.376 e. The number of tetrazole rings is 1. The fourth-order valence-electron chi connectivity index (χ4n) is 2.57. The molecule has 0 spiro atoms. The molecule has 0 atom stereocenters. The zero-order chi connectivity index (χ0) is 19.4. The van der Waals surface area contributed by atoms with E-state index in [0.29, 0.717) is 11.3 Å². The molecule has 3 aromatic rings. The smallest absolute Gasteiger partial charge is 0.274 e. The Bertz CT molecular complexity index is 986. The van der Waals surface area contributed by atoms with Gasteiger partial charge in [0.2, 0.25) is 5.91 Å². The predicted molar refractivity (Wildman–Crippen MR) is 98.8 cm³/mol. The summed E-state index contributed by atoms with van der Waals surface area (Å²) in [7, 11) is 0. The summed E-state index contributed by atoms with van der Waals surface area (Å²) in [5.74, 6) is -0.310. The molecule has 0 radical (unpaired) electrons. The lowest BCUT2D eigenvalue weighted by atomic mass is 10.1. The van der Waals surface area contributed by atoms with Crippen LogP contribution in [0.5, 0.6) is 0 Å². The van der Waals surface area contributed by atoms with Crippen LogP contribution in [-0.2, 0) is 4.79 Å². The molecule has 10 heteroatoms. The summed E-state index contributed by atoms with van der Waals surface area (Å²) in [6, 6.07) is 10.1. The molecule has 0 fully saturated rings. The van der Waals surface area contributed by atoms with Crippen LogP contribution in [0.3, 0.4) is 0 Å². The molecule has 1 heterocycles. The van der Waals surface area contributed by atoms with Crippen LogP contribution in [0.2, 0.25) is 0 Å². The van der Waals surface area contributed by atoms with Crippen LogP contribution in [0.4, 0.5) is 17.1 Å². The normalized spacial score (nSPS) is 10.4. The van der Waals surface area contributed by atoms with Crippen LogP contribution in [0.1, 0.15) is 11.1 Å². The zero-order valence-corrected chi connectivity index (χ0v) is 14.7. The number of carbonyl (C=O) groups excluding carboxylic acids is 1. The third kappa shape index (κ3) is 4.24. The summed E-state index contributed by atoms with van der Waals surface area (Å²) in [5.41, 5.74) is 3.41. The highest BCUT2D eigenvalue weighted by molar-refractivity contribution is 5.94. The van der Waals surface area contributed by atoms with Crippen LogP contribution in [0.25, 0.3) is 5.69 Å². The maximum absolute atomic E-state index is 12.1. The Kier molecular flexibility index (Phi) is 5.06. The molecule has 0 saturated carbocycles. The van der Waals surface area contributed by atoms with E-state index in [1.54, 1.807) is 23.7 Å². The summed E-state index contributed by atoms with van der Waals surface area (Å²) < 4.78 is 1.55. The van der Waals surface area contributed by atoms with Gasteiger partial charge in [0.15, 0.2) is 0 Å². The highest BCUT2D eigenvalue weighted by Crippen LogP contribution is 2.22. The first kappa shape index (κ1) is 18.0. The van der Waals surface area contributed by atoms with Crippen molar-refractivity contribution in [2.45, 2.75) is 13.8 Å². The van der Waals surface area contributed by atoms with Crippen LogP contribution in [-0.4, -0.2) is 37.6 Å². The summed E-state index contributed by atoms with van der Waals surface area (Å²) in [6.45, 7) is 3.58. The maximum atomic E-state index is 12.1. The number of nitrogens with one attached hydrogen (secondary N) is 2. The van der Waals surface area contributed by atoms with Gasteiger partial charge >= 0.3 is 0 Å². The standard InChI is InChI=1S/C17H17N7O3/c1-11-3-4-14(8-16(11)24(26)27)20-17(25)9-18-13-5-6-15(12(2)7-13)23-10-19-21-22-23/h3-8,10,18H,9H2,1-2H3,(H,20,25). The molecule has 2 aromatic carbocycles. The molecule has 2 N–H and O–H groups in total. The fraction of sp³-hybridized carbons (Fsp3) is 0.176. The molecule has 0 aliphatic carbocycles. The number of benzene rings is 2. The Morgan fingerprint density at radius 3 is 2.59 bits per heavy atom. The third-order valence-electron chi connectivity index (χ3n) is 3.94. The van der Waals surface area contributed by atoms with Gasteiger partial charge in [-0.05, 0) is 54.1 Å². The number of hydrogen-bond donors (Lipinski definition) is 2. The molecular formula is C17H17N7O3. The third-order valence-corrected chi connectivity index (χ3v) is 3.94. The zero-order valence-electron chi connectivity index (χ0n) is 14.7. The Morgan fingerprint density at radius 2 is 1.93 bits per heavy atom. The number of anilines is 2. The topological polar surface area (TPSA) is 128 Å². The average molecular weight is 367 g/mol. The van der Waals surface area contributed by atoms with Gasteiger partial charge in [0.1, 0.15) is 6.33 Å². The first-order chi connectivity index (χ1) is 12.9. The lowest BCUT2D eigenvalue weighted by Crippen LogP contribution is -2.21. The summed E-state index contributed by atoms with van der Waals surface area (Å²) in [6.07, 6.45) is 1.50. The molecule has 0 aliphatic rings. The van der Waals surface area contributed by atoms with Crippen molar-refractivity contribution in [2.24, 2.45) is 0 Å². The highest BCUT2D eigenvalue weighted by atomic mass is 16.6. The van der Waals surface area contributed by atoms with Crippen LogP contribution < -0.4 is 10.6 Å². The predicted octanol–water partition coefficient (Wildman–Crippen LogP) is 2.24. The summed E-state index contributed by atoms with van der Waals surface area (Å²) in [5, 5.41) is 27.7. The Hall–Kier alpha value is -3.82.